The van der Waals surface area contributed by atoms with Gasteiger partial charge in [0.05, 0.1) is 20.9 Å². The normalized spacial score (nSPS) is 18.7. The standard InChI is InChI=1S/C11H14BrN3O4S/c1-7-9(15(16)17)6-13-11(10(7)12)14-8-2-4-20(18,19)5-3-8/h6,8H,2-5H2,1H3,(H,13,14). The Morgan fingerprint density at radius 2 is 2.05 bits per heavy atom. The van der Waals surface area contributed by atoms with Crippen LogP contribution in [0.5, 0.6) is 0 Å². The summed E-state index contributed by atoms with van der Waals surface area (Å²) < 4.78 is 23.3. The molecule has 0 aliphatic carbocycles. The molecule has 1 aliphatic heterocycles. The average molecular weight is 364 g/mol. The van der Waals surface area contributed by atoms with Crippen LogP contribution in [0.15, 0.2) is 10.7 Å². The van der Waals surface area contributed by atoms with E-state index in [1.165, 1.54) is 6.20 Å². The predicted molar refractivity (Wildman–Crippen MR) is 78.6 cm³/mol. The summed E-state index contributed by atoms with van der Waals surface area (Å²) in [5.41, 5.74) is 0.449. The highest BCUT2D eigenvalue weighted by Crippen LogP contribution is 2.31. The van der Waals surface area contributed by atoms with Crippen LogP contribution < -0.4 is 5.32 Å². The minimum atomic E-state index is -2.91. The molecule has 1 fully saturated rings. The van der Waals surface area contributed by atoms with Gasteiger partial charge in [0.25, 0.3) is 5.69 Å². The molecule has 0 unspecified atom stereocenters. The van der Waals surface area contributed by atoms with E-state index in [1.54, 1.807) is 6.92 Å². The highest BCUT2D eigenvalue weighted by molar-refractivity contribution is 9.10. The second-order valence-corrected chi connectivity index (χ2v) is 7.86. The number of nitrogens with one attached hydrogen (secondary N) is 1. The molecule has 0 bridgehead atoms. The third-order valence-corrected chi connectivity index (χ3v) is 6.02. The van der Waals surface area contributed by atoms with Gasteiger partial charge in [-0.3, -0.25) is 10.1 Å². The maximum absolute atomic E-state index is 11.4. The number of halogens is 1. The second kappa shape index (κ2) is 5.65. The molecular formula is C11H14BrN3O4S. The van der Waals surface area contributed by atoms with E-state index in [0.29, 0.717) is 28.7 Å². The molecule has 0 atom stereocenters. The molecule has 0 radical (unpaired) electrons. The zero-order valence-electron chi connectivity index (χ0n) is 10.8. The molecule has 1 saturated heterocycles. The molecule has 9 heteroatoms. The van der Waals surface area contributed by atoms with Crippen molar-refractivity contribution in [1.82, 2.24) is 4.98 Å². The maximum atomic E-state index is 11.4. The number of pyridine rings is 1. The van der Waals surface area contributed by atoms with Gasteiger partial charge in [-0.2, -0.15) is 0 Å². The van der Waals surface area contributed by atoms with Crippen molar-refractivity contribution in [3.8, 4) is 0 Å². The zero-order chi connectivity index (χ0) is 14.9. The fourth-order valence-corrected chi connectivity index (χ4v) is 3.99. The highest BCUT2D eigenvalue weighted by Gasteiger charge is 2.25. The zero-order valence-corrected chi connectivity index (χ0v) is 13.2. The molecule has 7 nitrogen and oxygen atoms in total. The molecule has 1 aliphatic rings. The summed E-state index contributed by atoms with van der Waals surface area (Å²) in [7, 11) is -2.91. The van der Waals surface area contributed by atoms with Gasteiger partial charge >= 0.3 is 0 Å². The first kappa shape index (κ1) is 15.2. The summed E-state index contributed by atoms with van der Waals surface area (Å²) in [6, 6.07) is 0.0168. The van der Waals surface area contributed by atoms with Gasteiger partial charge in [0.2, 0.25) is 0 Å². The summed E-state index contributed by atoms with van der Waals surface area (Å²) in [5, 5.41) is 14.0. The Kier molecular flexibility index (Phi) is 4.28. The van der Waals surface area contributed by atoms with Gasteiger partial charge in [-0.05, 0) is 35.7 Å². The van der Waals surface area contributed by atoms with Gasteiger partial charge in [-0.25, -0.2) is 13.4 Å². The lowest BCUT2D eigenvalue weighted by Crippen LogP contribution is -2.32. The Labute approximate surface area is 125 Å². The van der Waals surface area contributed by atoms with E-state index in [0.717, 1.165) is 0 Å². The summed E-state index contributed by atoms with van der Waals surface area (Å²) in [4.78, 5) is 14.4. The number of hydrogen-bond acceptors (Lipinski definition) is 6. The van der Waals surface area contributed by atoms with E-state index >= 15 is 0 Å². The summed E-state index contributed by atoms with van der Waals surface area (Å²) in [5.74, 6) is 0.833. The van der Waals surface area contributed by atoms with Crippen LogP contribution in [0.4, 0.5) is 11.5 Å². The molecule has 0 amide bonds. The van der Waals surface area contributed by atoms with E-state index in [9.17, 15) is 18.5 Å². The molecule has 0 spiro atoms. The van der Waals surface area contributed by atoms with Crippen LogP contribution in [0.25, 0.3) is 0 Å². The van der Waals surface area contributed by atoms with Gasteiger partial charge in [0.1, 0.15) is 21.9 Å². The molecule has 20 heavy (non-hydrogen) atoms. The molecular weight excluding hydrogens is 350 g/mol. The fourth-order valence-electron chi connectivity index (χ4n) is 2.08. The average Bonchev–Trinajstić information content (AvgIpc) is 2.37. The highest BCUT2D eigenvalue weighted by atomic mass is 79.9. The number of aromatic nitrogens is 1. The van der Waals surface area contributed by atoms with Crippen molar-refractivity contribution in [2.24, 2.45) is 0 Å². The van der Waals surface area contributed by atoms with E-state index in [2.05, 4.69) is 26.2 Å². The molecule has 2 heterocycles. The smallest absolute Gasteiger partial charge is 0.291 e. The summed E-state index contributed by atoms with van der Waals surface area (Å²) in [6.45, 7) is 1.64. The van der Waals surface area contributed by atoms with Crippen LogP contribution in [0.1, 0.15) is 18.4 Å². The molecule has 1 aromatic rings. The van der Waals surface area contributed by atoms with Gasteiger partial charge in [0.15, 0.2) is 0 Å². The lowest BCUT2D eigenvalue weighted by Gasteiger charge is -2.24. The molecule has 1 aromatic heterocycles. The van der Waals surface area contributed by atoms with E-state index < -0.39 is 14.8 Å². The van der Waals surface area contributed by atoms with Crippen molar-refractivity contribution in [3.63, 3.8) is 0 Å². The van der Waals surface area contributed by atoms with Crippen molar-refractivity contribution >= 4 is 37.3 Å². The van der Waals surface area contributed by atoms with Crippen LogP contribution >= 0.6 is 15.9 Å². The number of sulfone groups is 1. The van der Waals surface area contributed by atoms with Crippen LogP contribution in [-0.2, 0) is 9.84 Å². The monoisotopic (exact) mass is 363 g/mol. The van der Waals surface area contributed by atoms with Gasteiger partial charge in [-0.1, -0.05) is 0 Å². The number of nitrogens with zero attached hydrogens (tertiary/aromatic N) is 2. The molecule has 110 valence electrons. The first-order valence-corrected chi connectivity index (χ1v) is 8.68. The summed E-state index contributed by atoms with van der Waals surface area (Å²) in [6.07, 6.45) is 2.25. The van der Waals surface area contributed by atoms with Crippen LogP contribution in [0.3, 0.4) is 0 Å². The number of anilines is 1. The van der Waals surface area contributed by atoms with Crippen LogP contribution in [-0.4, -0.2) is 35.9 Å². The minimum Gasteiger partial charge on any atom is -0.366 e. The van der Waals surface area contributed by atoms with E-state index in [-0.39, 0.29) is 23.2 Å². The van der Waals surface area contributed by atoms with E-state index in [4.69, 9.17) is 0 Å². The molecule has 0 saturated carbocycles. The van der Waals surface area contributed by atoms with Crippen molar-refractivity contribution in [3.05, 3.63) is 26.3 Å². The van der Waals surface area contributed by atoms with Crippen LogP contribution in [0, 0.1) is 17.0 Å². The number of hydrogen-bond donors (Lipinski definition) is 1. The van der Waals surface area contributed by atoms with E-state index in [1.807, 2.05) is 0 Å². The Hall–Kier alpha value is -1.22. The second-order valence-electron chi connectivity index (χ2n) is 4.76. The van der Waals surface area contributed by atoms with Gasteiger partial charge < -0.3 is 5.32 Å². The van der Waals surface area contributed by atoms with Crippen molar-refractivity contribution < 1.29 is 13.3 Å². The largest absolute Gasteiger partial charge is 0.366 e. The molecule has 0 aromatic carbocycles. The SMILES string of the molecule is Cc1c([N+](=O)[O-])cnc(NC2CCS(=O)(=O)CC2)c1Br. The van der Waals surface area contributed by atoms with Gasteiger partial charge in [-0.15, -0.1) is 0 Å². The number of rotatable bonds is 3. The first-order chi connectivity index (χ1) is 9.30. The molecule has 2 rings (SSSR count). The Morgan fingerprint density at radius 3 is 2.60 bits per heavy atom. The lowest BCUT2D eigenvalue weighted by atomic mass is 10.1. The summed E-state index contributed by atoms with van der Waals surface area (Å²) >= 11 is 3.30. The lowest BCUT2D eigenvalue weighted by molar-refractivity contribution is -0.385. The van der Waals surface area contributed by atoms with Crippen molar-refractivity contribution in [2.75, 3.05) is 16.8 Å². The van der Waals surface area contributed by atoms with Crippen LogP contribution in [0.2, 0.25) is 0 Å². The topological polar surface area (TPSA) is 102 Å². The Morgan fingerprint density at radius 1 is 1.45 bits per heavy atom. The quantitative estimate of drug-likeness (QED) is 0.651. The Balaban J connectivity index is 2.15. The number of nitro groups is 1. The van der Waals surface area contributed by atoms with Gasteiger partial charge in [0, 0.05) is 11.6 Å². The Bertz CT molecular complexity index is 633. The molecule has 1 N–H and O–H groups in total. The predicted octanol–water partition coefficient (Wildman–Crippen LogP) is 2.05. The van der Waals surface area contributed by atoms with Crippen molar-refractivity contribution in [1.29, 1.82) is 0 Å². The maximum Gasteiger partial charge on any atom is 0.291 e. The third kappa shape index (κ3) is 3.26. The minimum absolute atomic E-state index is 0.0168. The third-order valence-electron chi connectivity index (χ3n) is 3.33. The first-order valence-electron chi connectivity index (χ1n) is 6.06. The van der Waals surface area contributed by atoms with Crippen molar-refractivity contribution in [2.45, 2.75) is 25.8 Å². The fraction of sp³-hybridized carbons (Fsp3) is 0.545.